The van der Waals surface area contributed by atoms with Crippen molar-refractivity contribution in [1.82, 2.24) is 9.47 Å². The number of carbonyl (C=O) groups is 1. The second-order valence-corrected chi connectivity index (χ2v) is 5.69. The molecule has 0 saturated carbocycles. The van der Waals surface area contributed by atoms with E-state index in [4.69, 9.17) is 0 Å². The molecule has 0 saturated heterocycles. The van der Waals surface area contributed by atoms with Crippen LogP contribution in [0.1, 0.15) is 29.4 Å². The Morgan fingerprint density at radius 1 is 1.25 bits per heavy atom. The lowest BCUT2D eigenvalue weighted by Gasteiger charge is -2.19. The summed E-state index contributed by atoms with van der Waals surface area (Å²) in [6, 6.07) is 11.8. The standard InChI is InChI=1S/C16H19BrN2O/c1-3-10-19-11-6-9-15(19)16(20)18(2)12-13-7-4-5-8-14(13)17/h4-9,11H,3,10,12H2,1-2H3. The lowest BCUT2D eigenvalue weighted by molar-refractivity contribution is 0.0774. The summed E-state index contributed by atoms with van der Waals surface area (Å²) in [6.07, 6.45) is 2.98. The Bertz CT molecular complexity index is 592. The highest BCUT2D eigenvalue weighted by Gasteiger charge is 2.16. The molecular weight excluding hydrogens is 316 g/mol. The van der Waals surface area contributed by atoms with Gasteiger partial charge in [0.05, 0.1) is 0 Å². The molecule has 0 aliphatic heterocycles. The first-order valence-corrected chi connectivity index (χ1v) is 7.56. The van der Waals surface area contributed by atoms with Crippen LogP contribution in [-0.2, 0) is 13.1 Å². The maximum Gasteiger partial charge on any atom is 0.270 e. The Hall–Kier alpha value is -1.55. The van der Waals surface area contributed by atoms with Crippen LogP contribution in [0.4, 0.5) is 0 Å². The molecule has 106 valence electrons. The van der Waals surface area contributed by atoms with Gasteiger partial charge in [-0.05, 0) is 30.2 Å². The molecule has 0 aliphatic rings. The van der Waals surface area contributed by atoms with Crippen molar-refractivity contribution in [2.24, 2.45) is 0 Å². The molecule has 0 spiro atoms. The fourth-order valence-corrected chi connectivity index (χ4v) is 2.60. The Balaban J connectivity index is 2.13. The van der Waals surface area contributed by atoms with Gasteiger partial charge in [-0.3, -0.25) is 4.79 Å². The Kier molecular flexibility index (Phi) is 5.01. The molecule has 0 radical (unpaired) electrons. The van der Waals surface area contributed by atoms with E-state index in [9.17, 15) is 4.79 Å². The highest BCUT2D eigenvalue weighted by atomic mass is 79.9. The highest BCUT2D eigenvalue weighted by molar-refractivity contribution is 9.10. The van der Waals surface area contributed by atoms with Crippen LogP contribution in [0.25, 0.3) is 0 Å². The first-order valence-electron chi connectivity index (χ1n) is 6.77. The Morgan fingerprint density at radius 3 is 2.70 bits per heavy atom. The summed E-state index contributed by atoms with van der Waals surface area (Å²) in [7, 11) is 1.84. The largest absolute Gasteiger partial charge is 0.344 e. The number of aromatic nitrogens is 1. The third kappa shape index (κ3) is 3.31. The van der Waals surface area contributed by atoms with Gasteiger partial charge in [-0.2, -0.15) is 0 Å². The van der Waals surface area contributed by atoms with E-state index in [-0.39, 0.29) is 5.91 Å². The predicted octanol–water partition coefficient (Wildman–Crippen LogP) is 3.93. The Labute approximate surface area is 128 Å². The molecule has 1 aromatic heterocycles. The number of halogens is 1. The topological polar surface area (TPSA) is 25.2 Å². The van der Waals surface area contributed by atoms with E-state index in [1.807, 2.05) is 54.2 Å². The number of benzene rings is 1. The van der Waals surface area contributed by atoms with Crippen LogP contribution < -0.4 is 0 Å². The van der Waals surface area contributed by atoms with Gasteiger partial charge >= 0.3 is 0 Å². The van der Waals surface area contributed by atoms with Crippen molar-refractivity contribution < 1.29 is 4.79 Å². The van der Waals surface area contributed by atoms with Crippen molar-refractivity contribution in [3.8, 4) is 0 Å². The molecule has 0 atom stereocenters. The lowest BCUT2D eigenvalue weighted by Crippen LogP contribution is -2.28. The zero-order valence-corrected chi connectivity index (χ0v) is 13.4. The number of carbonyl (C=O) groups excluding carboxylic acids is 1. The highest BCUT2D eigenvalue weighted by Crippen LogP contribution is 2.18. The van der Waals surface area contributed by atoms with Crippen molar-refractivity contribution in [3.05, 3.63) is 58.3 Å². The number of nitrogens with zero attached hydrogens (tertiary/aromatic N) is 2. The molecule has 1 aromatic carbocycles. The van der Waals surface area contributed by atoms with Crippen molar-refractivity contribution >= 4 is 21.8 Å². The second kappa shape index (κ2) is 6.75. The van der Waals surface area contributed by atoms with E-state index < -0.39 is 0 Å². The zero-order chi connectivity index (χ0) is 14.5. The minimum Gasteiger partial charge on any atom is -0.344 e. The predicted molar refractivity (Wildman–Crippen MR) is 84.7 cm³/mol. The van der Waals surface area contributed by atoms with E-state index in [1.165, 1.54) is 0 Å². The zero-order valence-electron chi connectivity index (χ0n) is 11.8. The second-order valence-electron chi connectivity index (χ2n) is 4.84. The third-order valence-corrected chi connectivity index (χ3v) is 4.00. The summed E-state index contributed by atoms with van der Waals surface area (Å²) in [4.78, 5) is 14.3. The van der Waals surface area contributed by atoms with Crippen LogP contribution in [0, 0.1) is 0 Å². The van der Waals surface area contributed by atoms with Crippen molar-refractivity contribution in [2.45, 2.75) is 26.4 Å². The van der Waals surface area contributed by atoms with Gasteiger partial charge in [-0.15, -0.1) is 0 Å². The Morgan fingerprint density at radius 2 is 2.00 bits per heavy atom. The molecule has 0 bridgehead atoms. The maximum atomic E-state index is 12.5. The molecular formula is C16H19BrN2O. The van der Waals surface area contributed by atoms with Gasteiger partial charge in [0.2, 0.25) is 0 Å². The molecule has 3 nitrogen and oxygen atoms in total. The third-order valence-electron chi connectivity index (χ3n) is 3.23. The molecule has 1 amide bonds. The summed E-state index contributed by atoms with van der Waals surface area (Å²) in [5.41, 5.74) is 1.86. The van der Waals surface area contributed by atoms with Crippen LogP contribution in [0.2, 0.25) is 0 Å². The normalized spacial score (nSPS) is 10.6. The summed E-state index contributed by atoms with van der Waals surface area (Å²) in [5.74, 6) is 0.0548. The van der Waals surface area contributed by atoms with E-state index in [1.54, 1.807) is 4.90 Å². The van der Waals surface area contributed by atoms with Gasteiger partial charge in [0.25, 0.3) is 5.91 Å². The van der Waals surface area contributed by atoms with Crippen LogP contribution in [0.5, 0.6) is 0 Å². The van der Waals surface area contributed by atoms with Gasteiger partial charge in [0.1, 0.15) is 5.69 Å². The van der Waals surface area contributed by atoms with Crippen LogP contribution in [-0.4, -0.2) is 22.4 Å². The van der Waals surface area contributed by atoms with E-state index >= 15 is 0 Å². The van der Waals surface area contributed by atoms with Crippen molar-refractivity contribution in [1.29, 1.82) is 0 Å². The van der Waals surface area contributed by atoms with Crippen LogP contribution in [0.15, 0.2) is 47.1 Å². The molecule has 2 rings (SSSR count). The van der Waals surface area contributed by atoms with E-state index in [0.717, 1.165) is 28.7 Å². The fourth-order valence-electron chi connectivity index (χ4n) is 2.19. The lowest BCUT2D eigenvalue weighted by atomic mass is 10.2. The summed E-state index contributed by atoms with van der Waals surface area (Å²) in [5, 5.41) is 0. The van der Waals surface area contributed by atoms with E-state index in [0.29, 0.717) is 6.54 Å². The van der Waals surface area contributed by atoms with E-state index in [2.05, 4.69) is 22.9 Å². The maximum absolute atomic E-state index is 12.5. The molecule has 0 unspecified atom stereocenters. The SMILES string of the molecule is CCCn1cccc1C(=O)N(C)Cc1ccccc1Br. The average Bonchev–Trinajstić information content (AvgIpc) is 2.89. The molecule has 0 N–H and O–H groups in total. The number of rotatable bonds is 5. The van der Waals surface area contributed by atoms with Gasteiger partial charge < -0.3 is 9.47 Å². The summed E-state index contributed by atoms with van der Waals surface area (Å²) < 4.78 is 3.04. The fraction of sp³-hybridized carbons (Fsp3) is 0.312. The summed E-state index contributed by atoms with van der Waals surface area (Å²) in [6.45, 7) is 3.58. The van der Waals surface area contributed by atoms with Gasteiger partial charge in [-0.25, -0.2) is 0 Å². The summed E-state index contributed by atoms with van der Waals surface area (Å²) >= 11 is 3.52. The number of hydrogen-bond acceptors (Lipinski definition) is 1. The minimum atomic E-state index is 0.0548. The number of aryl methyl sites for hydroxylation is 1. The van der Waals surface area contributed by atoms with Gasteiger partial charge in [-0.1, -0.05) is 41.1 Å². The first-order chi connectivity index (χ1) is 9.63. The molecule has 0 fully saturated rings. The number of hydrogen-bond donors (Lipinski definition) is 0. The van der Waals surface area contributed by atoms with Gasteiger partial charge in [0, 0.05) is 30.8 Å². The number of amides is 1. The monoisotopic (exact) mass is 334 g/mol. The van der Waals surface area contributed by atoms with Crippen LogP contribution >= 0.6 is 15.9 Å². The smallest absolute Gasteiger partial charge is 0.270 e. The quantitative estimate of drug-likeness (QED) is 0.813. The molecule has 2 aromatic rings. The van der Waals surface area contributed by atoms with Gasteiger partial charge in [0.15, 0.2) is 0 Å². The molecule has 1 heterocycles. The van der Waals surface area contributed by atoms with Crippen LogP contribution in [0.3, 0.4) is 0 Å². The van der Waals surface area contributed by atoms with Crippen molar-refractivity contribution in [2.75, 3.05) is 7.05 Å². The average molecular weight is 335 g/mol. The molecule has 20 heavy (non-hydrogen) atoms. The van der Waals surface area contributed by atoms with Crippen molar-refractivity contribution in [3.63, 3.8) is 0 Å². The molecule has 4 heteroatoms. The first kappa shape index (κ1) is 14.9. The molecule has 0 aliphatic carbocycles. The minimum absolute atomic E-state index is 0.0548.